The third-order valence-electron chi connectivity index (χ3n) is 3.05. The maximum Gasteiger partial charge on any atom is 0.433 e. The van der Waals surface area contributed by atoms with Gasteiger partial charge in [0, 0.05) is 16.6 Å². The van der Waals surface area contributed by atoms with Gasteiger partial charge >= 0.3 is 6.18 Å². The number of aliphatic hydroxyl groups is 1. The van der Waals surface area contributed by atoms with E-state index in [0.29, 0.717) is 10.2 Å². The molecule has 3 N–H and O–H groups in total. The van der Waals surface area contributed by atoms with E-state index < -0.39 is 17.9 Å². The van der Waals surface area contributed by atoms with E-state index in [4.69, 9.17) is 5.11 Å². The number of hydrogen-bond acceptors (Lipinski definition) is 5. The van der Waals surface area contributed by atoms with Gasteiger partial charge in [0.25, 0.3) is 0 Å². The predicted octanol–water partition coefficient (Wildman–Crippen LogP) is 4.10. The molecule has 0 saturated carbocycles. The summed E-state index contributed by atoms with van der Waals surface area (Å²) in [5.74, 6) is -0.216. The summed E-state index contributed by atoms with van der Waals surface area (Å²) >= 11 is 3.36. The molecule has 0 saturated heterocycles. The molecule has 1 aromatic carbocycles. The first-order valence-corrected chi connectivity index (χ1v) is 7.85. The maximum atomic E-state index is 13.0. The monoisotopic (exact) mass is 404 g/mol. The lowest BCUT2D eigenvalue weighted by molar-refractivity contribution is -0.141. The van der Waals surface area contributed by atoms with Crippen molar-refractivity contribution in [3.63, 3.8) is 0 Å². The SMILES string of the molecule is Cc1ccc(Nc2cc(C(F)(F)F)nc(N[C@@H](C)CO)n2)c(Br)c1. The number of aryl methyl sites for hydroxylation is 1. The van der Waals surface area contributed by atoms with Gasteiger partial charge in [-0.25, -0.2) is 4.98 Å². The Bertz CT molecular complexity index is 724. The highest BCUT2D eigenvalue weighted by atomic mass is 79.9. The lowest BCUT2D eigenvalue weighted by Gasteiger charge is -2.15. The molecule has 1 atom stereocenters. The standard InChI is InChI=1S/C15H16BrF3N4O/c1-8-3-4-11(10(16)5-8)21-13-6-12(15(17,18)19)22-14(23-13)20-9(2)7-24/h3-6,9,24H,7H2,1-2H3,(H2,20,21,22,23)/t9-/m0/s1. The minimum Gasteiger partial charge on any atom is -0.394 e. The van der Waals surface area contributed by atoms with E-state index in [-0.39, 0.29) is 18.4 Å². The summed E-state index contributed by atoms with van der Waals surface area (Å²) in [6.07, 6.45) is -4.61. The van der Waals surface area contributed by atoms with Crippen LogP contribution in [0, 0.1) is 6.92 Å². The quantitative estimate of drug-likeness (QED) is 0.699. The Balaban J connectivity index is 2.38. The predicted molar refractivity (Wildman–Crippen MR) is 89.4 cm³/mol. The van der Waals surface area contributed by atoms with Crippen LogP contribution in [0.1, 0.15) is 18.2 Å². The molecule has 0 fully saturated rings. The second-order valence-corrected chi connectivity index (χ2v) is 6.15. The Kier molecular flexibility index (Phi) is 5.66. The van der Waals surface area contributed by atoms with Crippen LogP contribution in [0.2, 0.25) is 0 Å². The average molecular weight is 405 g/mol. The molecule has 0 spiro atoms. The summed E-state index contributed by atoms with van der Waals surface area (Å²) in [7, 11) is 0. The van der Waals surface area contributed by atoms with Gasteiger partial charge in [-0.3, -0.25) is 0 Å². The van der Waals surface area contributed by atoms with Crippen molar-refractivity contribution >= 4 is 33.4 Å². The van der Waals surface area contributed by atoms with Crippen LogP contribution in [0.3, 0.4) is 0 Å². The summed E-state index contributed by atoms with van der Waals surface area (Å²) in [4.78, 5) is 7.49. The van der Waals surface area contributed by atoms with E-state index in [0.717, 1.165) is 11.6 Å². The number of nitrogens with one attached hydrogen (secondary N) is 2. The number of nitrogens with zero attached hydrogens (tertiary/aromatic N) is 2. The van der Waals surface area contributed by atoms with Crippen molar-refractivity contribution in [2.24, 2.45) is 0 Å². The fraction of sp³-hybridized carbons (Fsp3) is 0.333. The number of aromatic nitrogens is 2. The van der Waals surface area contributed by atoms with Crippen LogP contribution in [0.25, 0.3) is 0 Å². The van der Waals surface area contributed by atoms with Crippen LogP contribution in [0.4, 0.5) is 30.6 Å². The largest absolute Gasteiger partial charge is 0.433 e. The zero-order valence-corrected chi connectivity index (χ0v) is 14.5. The minimum atomic E-state index is -4.61. The number of rotatable bonds is 5. The van der Waals surface area contributed by atoms with Crippen LogP contribution in [-0.2, 0) is 6.18 Å². The van der Waals surface area contributed by atoms with E-state index >= 15 is 0 Å². The molecule has 5 nitrogen and oxygen atoms in total. The van der Waals surface area contributed by atoms with Gasteiger partial charge < -0.3 is 15.7 Å². The topological polar surface area (TPSA) is 70.1 Å². The third-order valence-corrected chi connectivity index (χ3v) is 3.71. The van der Waals surface area contributed by atoms with E-state index in [1.807, 2.05) is 19.1 Å². The molecule has 0 bridgehead atoms. The first-order chi connectivity index (χ1) is 11.2. The number of benzene rings is 1. The van der Waals surface area contributed by atoms with Gasteiger partial charge in [0.1, 0.15) is 5.82 Å². The second kappa shape index (κ2) is 7.35. The second-order valence-electron chi connectivity index (χ2n) is 5.30. The number of anilines is 3. The minimum absolute atomic E-state index is 0.00508. The Hall–Kier alpha value is -1.87. The molecule has 0 radical (unpaired) electrons. The summed E-state index contributed by atoms with van der Waals surface area (Å²) in [6.45, 7) is 3.25. The van der Waals surface area contributed by atoms with E-state index in [9.17, 15) is 13.2 Å². The molecule has 1 aromatic heterocycles. The third kappa shape index (κ3) is 4.81. The zero-order chi connectivity index (χ0) is 17.9. The van der Waals surface area contributed by atoms with Crippen LogP contribution >= 0.6 is 15.9 Å². The van der Waals surface area contributed by atoms with Crippen LogP contribution in [0.15, 0.2) is 28.7 Å². The number of hydrogen-bond donors (Lipinski definition) is 3. The Morgan fingerprint density at radius 1 is 1.25 bits per heavy atom. The van der Waals surface area contributed by atoms with Gasteiger partial charge in [-0.05, 0) is 47.5 Å². The molecule has 0 aliphatic rings. The fourth-order valence-corrected chi connectivity index (χ4v) is 2.44. The molecule has 0 amide bonds. The van der Waals surface area contributed by atoms with Crippen molar-refractivity contribution in [1.29, 1.82) is 0 Å². The Morgan fingerprint density at radius 2 is 1.96 bits per heavy atom. The van der Waals surface area contributed by atoms with Crippen molar-refractivity contribution in [2.45, 2.75) is 26.1 Å². The van der Waals surface area contributed by atoms with E-state index in [2.05, 4.69) is 36.5 Å². The van der Waals surface area contributed by atoms with Gasteiger partial charge in [-0.15, -0.1) is 0 Å². The molecule has 9 heteroatoms. The van der Waals surface area contributed by atoms with Gasteiger partial charge in [0.2, 0.25) is 5.95 Å². The number of aliphatic hydroxyl groups excluding tert-OH is 1. The summed E-state index contributed by atoms with van der Waals surface area (Å²) in [6, 6.07) is 5.75. The van der Waals surface area contributed by atoms with Crippen molar-refractivity contribution in [3.05, 3.63) is 40.0 Å². The Labute approximate surface area is 145 Å². The fourth-order valence-electron chi connectivity index (χ4n) is 1.85. The number of halogens is 4. The zero-order valence-electron chi connectivity index (χ0n) is 12.9. The average Bonchev–Trinajstić information content (AvgIpc) is 2.49. The van der Waals surface area contributed by atoms with Crippen molar-refractivity contribution in [1.82, 2.24) is 9.97 Å². The first-order valence-electron chi connectivity index (χ1n) is 7.06. The Morgan fingerprint density at radius 3 is 2.54 bits per heavy atom. The van der Waals surface area contributed by atoms with Crippen LogP contribution < -0.4 is 10.6 Å². The van der Waals surface area contributed by atoms with Gasteiger partial charge in [0.05, 0.1) is 12.3 Å². The molecule has 0 aliphatic carbocycles. The molecule has 24 heavy (non-hydrogen) atoms. The lowest BCUT2D eigenvalue weighted by atomic mass is 10.2. The molecule has 0 unspecified atom stereocenters. The lowest BCUT2D eigenvalue weighted by Crippen LogP contribution is -2.22. The van der Waals surface area contributed by atoms with Gasteiger partial charge in [-0.1, -0.05) is 6.07 Å². The summed E-state index contributed by atoms with van der Waals surface area (Å²) in [5.41, 5.74) is 0.509. The summed E-state index contributed by atoms with van der Waals surface area (Å²) in [5, 5.41) is 14.5. The van der Waals surface area contributed by atoms with E-state index in [1.54, 1.807) is 13.0 Å². The maximum absolute atomic E-state index is 13.0. The molecule has 1 heterocycles. The number of alkyl halides is 3. The smallest absolute Gasteiger partial charge is 0.394 e. The molecule has 0 aliphatic heterocycles. The van der Waals surface area contributed by atoms with Gasteiger partial charge in [0.15, 0.2) is 5.69 Å². The molecule has 2 rings (SSSR count). The highest BCUT2D eigenvalue weighted by Crippen LogP contribution is 2.32. The normalized spacial score (nSPS) is 12.8. The molecular formula is C15H16BrF3N4O. The highest BCUT2D eigenvalue weighted by Gasteiger charge is 2.34. The summed E-state index contributed by atoms with van der Waals surface area (Å²) < 4.78 is 39.8. The highest BCUT2D eigenvalue weighted by molar-refractivity contribution is 9.10. The molecule has 130 valence electrons. The van der Waals surface area contributed by atoms with E-state index in [1.165, 1.54) is 0 Å². The van der Waals surface area contributed by atoms with Crippen molar-refractivity contribution in [2.75, 3.05) is 17.2 Å². The van der Waals surface area contributed by atoms with Crippen LogP contribution in [-0.4, -0.2) is 27.7 Å². The first kappa shape index (κ1) is 18.5. The molecular weight excluding hydrogens is 389 g/mol. The molecule has 2 aromatic rings. The van der Waals surface area contributed by atoms with Crippen molar-refractivity contribution in [3.8, 4) is 0 Å². The van der Waals surface area contributed by atoms with Crippen LogP contribution in [0.5, 0.6) is 0 Å². The van der Waals surface area contributed by atoms with Crippen molar-refractivity contribution < 1.29 is 18.3 Å². The van der Waals surface area contributed by atoms with Gasteiger partial charge in [-0.2, -0.15) is 18.2 Å².